The fourth-order valence-electron chi connectivity index (χ4n) is 1.97. The number of rotatable bonds is 2. The van der Waals surface area contributed by atoms with Gasteiger partial charge in [0.1, 0.15) is 5.75 Å². The maximum atomic E-state index is 10.0. The fraction of sp³-hybridized carbons (Fsp3) is 0.500. The minimum absolute atomic E-state index is 0.340. The largest absolute Gasteiger partial charge is 0.493 e. The Balaban J connectivity index is 2.47. The molecular weight excluding hydrogens is 226 g/mol. The number of aryl methyl sites for hydroxylation is 1. The van der Waals surface area contributed by atoms with Crippen LogP contribution in [0.15, 0.2) is 12.1 Å². The van der Waals surface area contributed by atoms with Crippen molar-refractivity contribution >= 4 is 11.6 Å². The number of nitrogens with two attached hydrogens (primary N) is 1. The Hall–Kier alpha value is -0.770. The lowest BCUT2D eigenvalue weighted by Crippen LogP contribution is -2.25. The lowest BCUT2D eigenvalue weighted by atomic mass is 9.96. The number of hydrogen-bond acceptors (Lipinski definition) is 3. The van der Waals surface area contributed by atoms with Crippen LogP contribution in [-0.2, 0) is 6.42 Å². The van der Waals surface area contributed by atoms with Gasteiger partial charge in [-0.05, 0) is 37.5 Å². The summed E-state index contributed by atoms with van der Waals surface area (Å²) in [5.74, 6) is 0.764. The zero-order valence-electron chi connectivity index (χ0n) is 9.24. The number of hydrogen-bond donors (Lipinski definition) is 2. The van der Waals surface area contributed by atoms with Crippen LogP contribution in [0, 0.1) is 0 Å². The lowest BCUT2D eigenvalue weighted by Gasteiger charge is -2.24. The standard InChI is InChI=1S/C12H16ClNO2/c1-7(14)11(15)10-6-9(13)5-8-3-2-4-16-12(8)10/h5-7,11,15H,2-4,14H2,1H3. The Labute approximate surface area is 100 Å². The van der Waals surface area contributed by atoms with Gasteiger partial charge < -0.3 is 15.6 Å². The van der Waals surface area contributed by atoms with E-state index in [1.54, 1.807) is 13.0 Å². The summed E-state index contributed by atoms with van der Waals surface area (Å²) in [7, 11) is 0. The van der Waals surface area contributed by atoms with Crippen molar-refractivity contribution in [3.63, 3.8) is 0 Å². The summed E-state index contributed by atoms with van der Waals surface area (Å²) in [4.78, 5) is 0. The van der Waals surface area contributed by atoms with E-state index in [2.05, 4.69) is 0 Å². The first-order chi connectivity index (χ1) is 7.59. The van der Waals surface area contributed by atoms with Crippen LogP contribution in [0.25, 0.3) is 0 Å². The van der Waals surface area contributed by atoms with Crippen LogP contribution in [0.3, 0.4) is 0 Å². The van der Waals surface area contributed by atoms with E-state index in [1.807, 2.05) is 6.07 Å². The van der Waals surface area contributed by atoms with Crippen molar-refractivity contribution in [1.29, 1.82) is 0 Å². The highest BCUT2D eigenvalue weighted by Crippen LogP contribution is 2.36. The summed E-state index contributed by atoms with van der Waals surface area (Å²) in [5.41, 5.74) is 7.47. The minimum atomic E-state index is -0.731. The Morgan fingerprint density at radius 3 is 2.94 bits per heavy atom. The van der Waals surface area contributed by atoms with Gasteiger partial charge in [0.2, 0.25) is 0 Å². The minimum Gasteiger partial charge on any atom is -0.493 e. The quantitative estimate of drug-likeness (QED) is 0.833. The van der Waals surface area contributed by atoms with E-state index >= 15 is 0 Å². The number of aliphatic hydroxyl groups excluding tert-OH is 1. The summed E-state index contributed by atoms with van der Waals surface area (Å²) in [5, 5.41) is 10.6. The van der Waals surface area contributed by atoms with Crippen LogP contribution < -0.4 is 10.5 Å². The predicted molar refractivity (Wildman–Crippen MR) is 63.9 cm³/mol. The van der Waals surface area contributed by atoms with Crippen molar-refractivity contribution in [1.82, 2.24) is 0 Å². The van der Waals surface area contributed by atoms with Gasteiger partial charge in [0.15, 0.2) is 0 Å². The molecule has 88 valence electrons. The molecule has 1 aromatic carbocycles. The van der Waals surface area contributed by atoms with Gasteiger partial charge >= 0.3 is 0 Å². The van der Waals surface area contributed by atoms with E-state index in [4.69, 9.17) is 22.1 Å². The molecule has 0 amide bonds. The summed E-state index contributed by atoms with van der Waals surface area (Å²) in [6.07, 6.45) is 1.20. The van der Waals surface area contributed by atoms with Gasteiger partial charge in [0.05, 0.1) is 12.7 Å². The third-order valence-electron chi connectivity index (χ3n) is 2.81. The molecule has 3 N–H and O–H groups in total. The second kappa shape index (κ2) is 4.62. The number of aliphatic hydroxyl groups is 1. The van der Waals surface area contributed by atoms with Gasteiger partial charge in [-0.15, -0.1) is 0 Å². The first kappa shape index (κ1) is 11.7. The third-order valence-corrected chi connectivity index (χ3v) is 3.03. The summed E-state index contributed by atoms with van der Waals surface area (Å²) >= 11 is 6.02. The van der Waals surface area contributed by atoms with E-state index < -0.39 is 6.10 Å². The summed E-state index contributed by atoms with van der Waals surface area (Å²) in [6, 6.07) is 3.29. The number of fused-ring (bicyclic) bond motifs is 1. The van der Waals surface area contributed by atoms with E-state index in [-0.39, 0.29) is 6.04 Å². The Kier molecular flexibility index (Phi) is 3.38. The molecule has 1 heterocycles. The molecule has 0 aromatic heterocycles. The van der Waals surface area contributed by atoms with Crippen LogP contribution in [0.2, 0.25) is 5.02 Å². The second-order valence-corrected chi connectivity index (χ2v) is 4.68. The van der Waals surface area contributed by atoms with Crippen LogP contribution in [-0.4, -0.2) is 17.8 Å². The molecule has 0 bridgehead atoms. The molecule has 0 saturated carbocycles. The molecule has 2 unspecified atom stereocenters. The van der Waals surface area contributed by atoms with Crippen LogP contribution in [0.5, 0.6) is 5.75 Å². The van der Waals surface area contributed by atoms with Crippen molar-refractivity contribution < 1.29 is 9.84 Å². The molecular formula is C12H16ClNO2. The molecule has 1 aromatic rings. The average molecular weight is 242 g/mol. The predicted octanol–water partition coefficient (Wildman–Crippen LogP) is 2.05. The van der Waals surface area contributed by atoms with E-state index in [0.29, 0.717) is 17.2 Å². The maximum Gasteiger partial charge on any atom is 0.128 e. The molecule has 4 heteroatoms. The monoisotopic (exact) mass is 241 g/mol. The number of benzene rings is 1. The van der Waals surface area contributed by atoms with Crippen molar-refractivity contribution in [2.45, 2.75) is 31.9 Å². The SMILES string of the molecule is CC(N)C(O)c1cc(Cl)cc2c1OCCC2. The molecule has 0 fully saturated rings. The first-order valence-electron chi connectivity index (χ1n) is 5.48. The molecule has 0 spiro atoms. The highest BCUT2D eigenvalue weighted by Gasteiger charge is 2.22. The van der Waals surface area contributed by atoms with Crippen molar-refractivity contribution in [2.24, 2.45) is 5.73 Å². The van der Waals surface area contributed by atoms with Crippen LogP contribution in [0.4, 0.5) is 0 Å². The van der Waals surface area contributed by atoms with E-state index in [0.717, 1.165) is 24.2 Å². The molecule has 1 aliphatic heterocycles. The van der Waals surface area contributed by atoms with Crippen LogP contribution >= 0.6 is 11.6 Å². The second-order valence-electron chi connectivity index (χ2n) is 4.24. The average Bonchev–Trinajstić information content (AvgIpc) is 2.26. The Morgan fingerprint density at radius 2 is 2.25 bits per heavy atom. The molecule has 3 nitrogen and oxygen atoms in total. The maximum absolute atomic E-state index is 10.0. The van der Waals surface area contributed by atoms with Gasteiger partial charge in [-0.2, -0.15) is 0 Å². The molecule has 0 aliphatic carbocycles. The molecule has 2 atom stereocenters. The molecule has 2 rings (SSSR count). The fourth-order valence-corrected chi connectivity index (χ4v) is 2.22. The topological polar surface area (TPSA) is 55.5 Å². The Morgan fingerprint density at radius 1 is 1.50 bits per heavy atom. The molecule has 0 saturated heterocycles. The molecule has 0 radical (unpaired) electrons. The Bertz CT molecular complexity index is 393. The zero-order valence-corrected chi connectivity index (χ0v) is 10.00. The summed E-state index contributed by atoms with van der Waals surface area (Å²) < 4.78 is 5.61. The smallest absolute Gasteiger partial charge is 0.128 e. The molecule has 1 aliphatic rings. The first-order valence-corrected chi connectivity index (χ1v) is 5.86. The number of halogens is 1. The van der Waals surface area contributed by atoms with Gasteiger partial charge in [-0.3, -0.25) is 0 Å². The van der Waals surface area contributed by atoms with E-state index in [9.17, 15) is 5.11 Å². The van der Waals surface area contributed by atoms with Gasteiger partial charge in [-0.25, -0.2) is 0 Å². The van der Waals surface area contributed by atoms with Crippen LogP contribution in [0.1, 0.15) is 30.6 Å². The van der Waals surface area contributed by atoms with Crippen molar-refractivity contribution in [3.05, 3.63) is 28.3 Å². The van der Waals surface area contributed by atoms with Crippen molar-refractivity contribution in [3.8, 4) is 5.75 Å². The molecule has 16 heavy (non-hydrogen) atoms. The lowest BCUT2D eigenvalue weighted by molar-refractivity contribution is 0.146. The van der Waals surface area contributed by atoms with Gasteiger partial charge in [0.25, 0.3) is 0 Å². The number of ether oxygens (including phenoxy) is 1. The highest BCUT2D eigenvalue weighted by molar-refractivity contribution is 6.30. The van der Waals surface area contributed by atoms with Gasteiger partial charge in [-0.1, -0.05) is 11.6 Å². The van der Waals surface area contributed by atoms with E-state index in [1.165, 1.54) is 0 Å². The summed E-state index contributed by atoms with van der Waals surface area (Å²) in [6.45, 7) is 2.45. The zero-order chi connectivity index (χ0) is 11.7. The highest BCUT2D eigenvalue weighted by atomic mass is 35.5. The normalized spacial score (nSPS) is 18.5. The van der Waals surface area contributed by atoms with Crippen molar-refractivity contribution in [2.75, 3.05) is 6.61 Å². The third kappa shape index (κ3) is 2.17. The van der Waals surface area contributed by atoms with Gasteiger partial charge in [0, 0.05) is 16.6 Å².